The lowest BCUT2D eigenvalue weighted by Gasteiger charge is -2.34. The number of carbonyl (C=O) groups excluding carboxylic acids is 1. The standard InChI is InChI=1S/C36H40ClN3O6S/c1-25-21-40(26(2)24-41)36(42)20-28-19-30(38-47(43,44)33-16-11-29(37)12-17-33)13-18-34(28)46-35(25)23-39(3)22-27-9-14-32(15-10-27)45-31-7-5-4-6-8-31/h4-19,25-26,35,38,41H,20-24H2,1-3H3/t25-,26-,35+/m0/s1. The average Bonchev–Trinajstić information content (AvgIpc) is 3.09. The summed E-state index contributed by atoms with van der Waals surface area (Å²) in [4.78, 5) is 17.5. The number of benzene rings is 4. The smallest absolute Gasteiger partial charge is 0.261 e. The highest BCUT2D eigenvalue weighted by atomic mass is 35.5. The zero-order valence-corrected chi connectivity index (χ0v) is 28.2. The Morgan fingerprint density at radius 1 is 1.02 bits per heavy atom. The number of ether oxygens (including phenoxy) is 2. The number of nitrogens with one attached hydrogen (secondary N) is 1. The van der Waals surface area contributed by atoms with Gasteiger partial charge in [0.1, 0.15) is 23.4 Å². The molecular weight excluding hydrogens is 638 g/mol. The van der Waals surface area contributed by atoms with Crippen molar-refractivity contribution in [2.45, 2.75) is 43.9 Å². The van der Waals surface area contributed by atoms with Gasteiger partial charge < -0.3 is 19.5 Å². The van der Waals surface area contributed by atoms with Gasteiger partial charge in [-0.1, -0.05) is 48.9 Å². The van der Waals surface area contributed by atoms with Gasteiger partial charge in [-0.3, -0.25) is 14.4 Å². The largest absolute Gasteiger partial charge is 0.488 e. The second-order valence-corrected chi connectivity index (χ2v) is 14.1. The number of amides is 1. The number of carbonyl (C=O) groups is 1. The lowest BCUT2D eigenvalue weighted by atomic mass is 10.0. The summed E-state index contributed by atoms with van der Waals surface area (Å²) in [5.74, 6) is 1.79. The molecule has 0 unspecified atom stereocenters. The molecule has 9 nitrogen and oxygen atoms in total. The first-order chi connectivity index (χ1) is 22.5. The third-order valence-corrected chi connectivity index (χ3v) is 9.79. The monoisotopic (exact) mass is 677 g/mol. The van der Waals surface area contributed by atoms with Crippen molar-refractivity contribution in [3.05, 3.63) is 113 Å². The zero-order valence-electron chi connectivity index (χ0n) is 26.7. The molecule has 1 aliphatic rings. The predicted octanol–water partition coefficient (Wildman–Crippen LogP) is 6.21. The van der Waals surface area contributed by atoms with E-state index in [0.29, 0.717) is 41.7 Å². The van der Waals surface area contributed by atoms with E-state index in [1.807, 2.05) is 75.5 Å². The molecule has 0 spiro atoms. The van der Waals surface area contributed by atoms with E-state index < -0.39 is 16.1 Å². The minimum absolute atomic E-state index is 0.0110. The Morgan fingerprint density at radius 3 is 2.38 bits per heavy atom. The van der Waals surface area contributed by atoms with Crippen LogP contribution in [0.25, 0.3) is 0 Å². The van der Waals surface area contributed by atoms with Gasteiger partial charge in [0.2, 0.25) is 5.91 Å². The van der Waals surface area contributed by atoms with Gasteiger partial charge in [-0.05, 0) is 86.3 Å². The van der Waals surface area contributed by atoms with E-state index >= 15 is 0 Å². The first-order valence-corrected chi connectivity index (χ1v) is 17.4. The molecule has 2 N–H and O–H groups in total. The third kappa shape index (κ3) is 9.04. The van der Waals surface area contributed by atoms with Crippen LogP contribution < -0.4 is 14.2 Å². The molecule has 0 radical (unpaired) electrons. The van der Waals surface area contributed by atoms with E-state index in [4.69, 9.17) is 21.1 Å². The Bertz CT molecular complexity index is 1750. The van der Waals surface area contributed by atoms with Crippen molar-refractivity contribution in [2.75, 3.05) is 31.5 Å². The van der Waals surface area contributed by atoms with Gasteiger partial charge in [0.15, 0.2) is 0 Å². The number of hydrogen-bond acceptors (Lipinski definition) is 7. The van der Waals surface area contributed by atoms with Gasteiger partial charge in [-0.15, -0.1) is 0 Å². The Labute approximate surface area is 281 Å². The highest BCUT2D eigenvalue weighted by Crippen LogP contribution is 2.30. The number of likely N-dealkylation sites (N-methyl/N-ethyl adjacent to an activating group) is 1. The maximum absolute atomic E-state index is 13.6. The van der Waals surface area contributed by atoms with Gasteiger partial charge in [0.25, 0.3) is 10.0 Å². The second-order valence-electron chi connectivity index (χ2n) is 12.0. The number of hydrogen-bond donors (Lipinski definition) is 2. The highest BCUT2D eigenvalue weighted by molar-refractivity contribution is 7.92. The third-order valence-electron chi connectivity index (χ3n) is 8.14. The van der Waals surface area contributed by atoms with Crippen molar-refractivity contribution < 1.29 is 27.8 Å². The van der Waals surface area contributed by atoms with E-state index in [1.54, 1.807) is 23.1 Å². The summed E-state index contributed by atoms with van der Waals surface area (Å²) in [7, 11) is -1.88. The van der Waals surface area contributed by atoms with Crippen LogP contribution in [0.1, 0.15) is 25.0 Å². The number of sulfonamides is 1. The molecule has 1 aliphatic heterocycles. The molecule has 0 aliphatic carbocycles. The van der Waals surface area contributed by atoms with Crippen LogP contribution >= 0.6 is 11.6 Å². The van der Waals surface area contributed by atoms with Gasteiger partial charge >= 0.3 is 0 Å². The molecule has 4 aromatic rings. The number of aliphatic hydroxyl groups is 1. The molecule has 1 heterocycles. The summed E-state index contributed by atoms with van der Waals surface area (Å²) >= 11 is 5.94. The molecule has 0 aromatic heterocycles. The molecule has 0 saturated heterocycles. The van der Waals surface area contributed by atoms with Crippen LogP contribution in [0.2, 0.25) is 5.02 Å². The lowest BCUT2D eigenvalue weighted by molar-refractivity contribution is -0.134. The van der Waals surface area contributed by atoms with Crippen LogP contribution in [0.5, 0.6) is 17.2 Å². The molecule has 248 valence electrons. The fourth-order valence-electron chi connectivity index (χ4n) is 5.51. The number of anilines is 1. The zero-order chi connectivity index (χ0) is 33.6. The Kier molecular flexibility index (Phi) is 11.1. The van der Waals surface area contributed by atoms with Crippen LogP contribution in [0, 0.1) is 5.92 Å². The minimum atomic E-state index is -3.90. The molecule has 5 rings (SSSR count). The van der Waals surface area contributed by atoms with Crippen molar-refractivity contribution in [3.63, 3.8) is 0 Å². The van der Waals surface area contributed by atoms with Crippen LogP contribution in [-0.4, -0.2) is 68.1 Å². The molecule has 0 fully saturated rings. The Balaban J connectivity index is 1.34. The fraction of sp³-hybridized carbons (Fsp3) is 0.306. The predicted molar refractivity (Wildman–Crippen MR) is 184 cm³/mol. The summed E-state index contributed by atoms with van der Waals surface area (Å²) < 4.78 is 41.3. The van der Waals surface area contributed by atoms with Crippen molar-refractivity contribution in [2.24, 2.45) is 5.92 Å². The van der Waals surface area contributed by atoms with Crippen LogP contribution in [0.4, 0.5) is 5.69 Å². The molecule has 11 heteroatoms. The van der Waals surface area contributed by atoms with Crippen molar-refractivity contribution in [3.8, 4) is 17.2 Å². The number of halogens is 1. The van der Waals surface area contributed by atoms with E-state index in [-0.39, 0.29) is 35.9 Å². The summed E-state index contributed by atoms with van der Waals surface area (Å²) in [6.07, 6.45) is -0.321. The van der Waals surface area contributed by atoms with Gasteiger partial charge in [0, 0.05) is 41.8 Å². The maximum atomic E-state index is 13.6. The first-order valence-electron chi connectivity index (χ1n) is 15.5. The molecule has 0 saturated carbocycles. The van der Waals surface area contributed by atoms with E-state index in [9.17, 15) is 18.3 Å². The van der Waals surface area contributed by atoms with Crippen molar-refractivity contribution in [1.29, 1.82) is 0 Å². The Morgan fingerprint density at radius 2 is 1.70 bits per heavy atom. The summed E-state index contributed by atoms with van der Waals surface area (Å²) in [5.41, 5.74) is 1.96. The molecule has 1 amide bonds. The summed E-state index contributed by atoms with van der Waals surface area (Å²) in [6.45, 7) is 5.29. The summed E-state index contributed by atoms with van der Waals surface area (Å²) in [6, 6.07) is 28.1. The molecule has 0 bridgehead atoms. The molecule has 47 heavy (non-hydrogen) atoms. The number of fused-ring (bicyclic) bond motifs is 1. The van der Waals surface area contributed by atoms with Crippen molar-refractivity contribution in [1.82, 2.24) is 9.80 Å². The van der Waals surface area contributed by atoms with Gasteiger partial charge in [-0.2, -0.15) is 0 Å². The van der Waals surface area contributed by atoms with E-state index in [1.165, 1.54) is 24.3 Å². The van der Waals surface area contributed by atoms with Crippen LogP contribution in [-0.2, 0) is 27.8 Å². The Hall–Kier alpha value is -4.09. The topological polar surface area (TPSA) is 108 Å². The number of nitrogens with zero attached hydrogens (tertiary/aromatic N) is 2. The number of rotatable bonds is 11. The second kappa shape index (κ2) is 15.2. The van der Waals surface area contributed by atoms with Crippen LogP contribution in [0.3, 0.4) is 0 Å². The van der Waals surface area contributed by atoms with Crippen molar-refractivity contribution >= 4 is 33.2 Å². The molecule has 4 aromatic carbocycles. The van der Waals surface area contributed by atoms with Crippen LogP contribution in [0.15, 0.2) is 102 Å². The molecule has 3 atom stereocenters. The van der Waals surface area contributed by atoms with E-state index in [2.05, 4.69) is 9.62 Å². The first kappa shape index (κ1) is 34.3. The minimum Gasteiger partial charge on any atom is -0.488 e. The summed E-state index contributed by atoms with van der Waals surface area (Å²) in [5, 5.41) is 10.4. The number of aliphatic hydroxyl groups excluding tert-OH is 1. The lowest BCUT2D eigenvalue weighted by Crippen LogP contribution is -2.47. The van der Waals surface area contributed by atoms with E-state index in [0.717, 1.165) is 17.1 Å². The highest BCUT2D eigenvalue weighted by Gasteiger charge is 2.31. The SMILES string of the molecule is C[C@H]1CN([C@@H](C)CO)C(=O)Cc2cc(NS(=O)(=O)c3ccc(Cl)cc3)ccc2O[C@@H]1CN(C)Cc1ccc(Oc2ccccc2)cc1. The quantitative estimate of drug-likeness (QED) is 0.194. The fourth-order valence-corrected chi connectivity index (χ4v) is 6.69. The number of para-hydroxylation sites is 1. The van der Waals surface area contributed by atoms with Gasteiger partial charge in [-0.25, -0.2) is 8.42 Å². The molecular formula is C36H40ClN3O6S. The normalized spacial score (nSPS) is 17.6. The van der Waals surface area contributed by atoms with Gasteiger partial charge in [0.05, 0.1) is 24.0 Å². The average molecular weight is 678 g/mol. The maximum Gasteiger partial charge on any atom is 0.261 e.